The minimum atomic E-state index is -1.40. The van der Waals surface area contributed by atoms with E-state index in [1.165, 1.54) is 0 Å². The fraction of sp³-hybridized carbons (Fsp3) is 0.348. The zero-order chi connectivity index (χ0) is 21.8. The van der Waals surface area contributed by atoms with Crippen molar-refractivity contribution >= 4 is 18.1 Å². The summed E-state index contributed by atoms with van der Waals surface area (Å²) in [5, 5.41) is 0. The molecule has 7 heteroatoms. The summed E-state index contributed by atoms with van der Waals surface area (Å²) in [5.74, 6) is -1.05. The summed E-state index contributed by atoms with van der Waals surface area (Å²) >= 11 is 0. The van der Waals surface area contributed by atoms with Crippen LogP contribution in [-0.4, -0.2) is 37.6 Å². The number of rotatable bonds is 10. The standard InChI is InChI=1S/C23H26O7/c1-17(2)15-28-23(26)30-22(29-21(25)14-19-11-7-4-8-12-19)16-27-20(24)13-18-9-5-3-6-10-18/h3-12,17,22H,13-16H2,1-2H3. The Balaban J connectivity index is 1.91. The Kier molecular flexibility index (Phi) is 9.37. The van der Waals surface area contributed by atoms with Crippen LogP contribution in [0.3, 0.4) is 0 Å². The van der Waals surface area contributed by atoms with E-state index in [4.69, 9.17) is 18.9 Å². The number of carbonyl (C=O) groups excluding carboxylic acids is 3. The molecule has 0 radical (unpaired) electrons. The molecule has 0 amide bonds. The summed E-state index contributed by atoms with van der Waals surface area (Å²) in [5.41, 5.74) is 1.52. The molecular weight excluding hydrogens is 388 g/mol. The van der Waals surface area contributed by atoms with Gasteiger partial charge in [0.2, 0.25) is 0 Å². The van der Waals surface area contributed by atoms with E-state index >= 15 is 0 Å². The molecule has 2 aromatic carbocycles. The molecule has 0 N–H and O–H groups in total. The summed E-state index contributed by atoms with van der Waals surface area (Å²) in [7, 11) is 0. The Morgan fingerprint density at radius 3 is 1.77 bits per heavy atom. The normalized spacial score (nSPS) is 11.4. The Morgan fingerprint density at radius 2 is 1.23 bits per heavy atom. The Hall–Kier alpha value is -3.35. The van der Waals surface area contributed by atoms with E-state index in [1.54, 1.807) is 36.4 Å². The molecule has 0 aliphatic rings. The van der Waals surface area contributed by atoms with Gasteiger partial charge in [-0.1, -0.05) is 74.5 Å². The number of benzene rings is 2. The van der Waals surface area contributed by atoms with Crippen molar-refractivity contribution in [3.63, 3.8) is 0 Å². The molecule has 7 nitrogen and oxygen atoms in total. The first kappa shape index (κ1) is 22.9. The van der Waals surface area contributed by atoms with Crippen LogP contribution < -0.4 is 0 Å². The number of ether oxygens (including phenoxy) is 4. The van der Waals surface area contributed by atoms with Crippen molar-refractivity contribution in [3.8, 4) is 0 Å². The molecule has 1 unspecified atom stereocenters. The van der Waals surface area contributed by atoms with E-state index in [1.807, 2.05) is 38.1 Å². The van der Waals surface area contributed by atoms with Crippen LogP contribution in [0.5, 0.6) is 0 Å². The molecule has 0 saturated heterocycles. The van der Waals surface area contributed by atoms with Gasteiger partial charge in [-0.2, -0.15) is 0 Å². The van der Waals surface area contributed by atoms with Crippen molar-refractivity contribution in [2.24, 2.45) is 5.92 Å². The maximum Gasteiger partial charge on any atom is 0.511 e. The fourth-order valence-corrected chi connectivity index (χ4v) is 2.39. The number of hydrogen-bond donors (Lipinski definition) is 0. The lowest BCUT2D eigenvalue weighted by atomic mass is 10.2. The van der Waals surface area contributed by atoms with E-state index in [2.05, 4.69) is 0 Å². The second kappa shape index (κ2) is 12.3. The first-order chi connectivity index (χ1) is 14.4. The maximum absolute atomic E-state index is 12.2. The summed E-state index contributed by atoms with van der Waals surface area (Å²) < 4.78 is 20.3. The van der Waals surface area contributed by atoms with Crippen LogP contribution in [0.2, 0.25) is 0 Å². The van der Waals surface area contributed by atoms with Crippen molar-refractivity contribution < 1.29 is 33.3 Å². The highest BCUT2D eigenvalue weighted by Gasteiger charge is 2.22. The van der Waals surface area contributed by atoms with Crippen LogP contribution in [0.25, 0.3) is 0 Å². The van der Waals surface area contributed by atoms with Crippen LogP contribution in [0, 0.1) is 5.92 Å². The molecule has 0 fully saturated rings. The topological polar surface area (TPSA) is 88.1 Å². The van der Waals surface area contributed by atoms with Gasteiger partial charge in [-0.25, -0.2) is 4.79 Å². The van der Waals surface area contributed by atoms with Gasteiger partial charge in [-0.15, -0.1) is 0 Å². The smallest absolute Gasteiger partial charge is 0.457 e. The minimum Gasteiger partial charge on any atom is -0.457 e. The average Bonchev–Trinajstić information content (AvgIpc) is 2.72. The quantitative estimate of drug-likeness (QED) is 0.333. The Morgan fingerprint density at radius 1 is 0.700 bits per heavy atom. The van der Waals surface area contributed by atoms with E-state index in [-0.39, 0.29) is 25.4 Å². The first-order valence-electron chi connectivity index (χ1n) is 9.68. The van der Waals surface area contributed by atoms with Crippen molar-refractivity contribution in [3.05, 3.63) is 71.8 Å². The monoisotopic (exact) mass is 414 g/mol. The van der Waals surface area contributed by atoms with Gasteiger partial charge in [0.25, 0.3) is 6.29 Å². The minimum absolute atomic E-state index is 0.0142. The van der Waals surface area contributed by atoms with Crippen LogP contribution in [0.15, 0.2) is 60.7 Å². The zero-order valence-electron chi connectivity index (χ0n) is 17.1. The van der Waals surface area contributed by atoms with Crippen molar-refractivity contribution in [1.29, 1.82) is 0 Å². The average molecular weight is 414 g/mol. The van der Waals surface area contributed by atoms with Crippen molar-refractivity contribution in [2.75, 3.05) is 13.2 Å². The Bertz CT molecular complexity index is 803. The van der Waals surface area contributed by atoms with E-state index in [9.17, 15) is 14.4 Å². The lowest BCUT2D eigenvalue weighted by Crippen LogP contribution is -2.31. The lowest BCUT2D eigenvalue weighted by Gasteiger charge is -2.18. The molecule has 0 heterocycles. The van der Waals surface area contributed by atoms with Gasteiger partial charge in [0.15, 0.2) is 6.61 Å². The number of esters is 2. The molecule has 0 spiro atoms. The SMILES string of the molecule is CC(C)COC(=O)OC(COC(=O)Cc1ccccc1)OC(=O)Cc1ccccc1. The molecule has 30 heavy (non-hydrogen) atoms. The van der Waals surface area contributed by atoms with Gasteiger partial charge in [0.1, 0.15) is 0 Å². The van der Waals surface area contributed by atoms with Crippen LogP contribution in [0.1, 0.15) is 25.0 Å². The van der Waals surface area contributed by atoms with E-state index in [0.717, 1.165) is 11.1 Å². The summed E-state index contributed by atoms with van der Waals surface area (Å²) in [6.45, 7) is 3.46. The molecule has 1 atom stereocenters. The Labute approximate surface area is 175 Å². The maximum atomic E-state index is 12.2. The largest absolute Gasteiger partial charge is 0.511 e. The highest BCUT2D eigenvalue weighted by atomic mass is 16.8. The zero-order valence-corrected chi connectivity index (χ0v) is 17.1. The van der Waals surface area contributed by atoms with Crippen LogP contribution in [-0.2, 0) is 41.4 Å². The number of hydrogen-bond acceptors (Lipinski definition) is 7. The van der Waals surface area contributed by atoms with Gasteiger partial charge >= 0.3 is 18.1 Å². The van der Waals surface area contributed by atoms with Crippen LogP contribution >= 0.6 is 0 Å². The molecular formula is C23H26O7. The van der Waals surface area contributed by atoms with Gasteiger partial charge in [-0.05, 0) is 17.0 Å². The summed E-state index contributed by atoms with van der Waals surface area (Å²) in [6, 6.07) is 18.0. The molecule has 0 saturated carbocycles. The lowest BCUT2D eigenvalue weighted by molar-refractivity contribution is -0.185. The fourth-order valence-electron chi connectivity index (χ4n) is 2.39. The van der Waals surface area contributed by atoms with Crippen molar-refractivity contribution in [1.82, 2.24) is 0 Å². The predicted octanol–water partition coefficient (Wildman–Crippen LogP) is 3.69. The molecule has 0 aliphatic heterocycles. The third kappa shape index (κ3) is 9.23. The molecule has 2 rings (SSSR count). The van der Waals surface area contributed by atoms with Crippen LogP contribution in [0.4, 0.5) is 4.79 Å². The van der Waals surface area contributed by atoms with E-state index in [0.29, 0.717) is 0 Å². The second-order valence-corrected chi connectivity index (χ2v) is 7.00. The van der Waals surface area contributed by atoms with Crippen molar-refractivity contribution in [2.45, 2.75) is 33.0 Å². The number of carbonyl (C=O) groups is 3. The predicted molar refractivity (Wildman–Crippen MR) is 108 cm³/mol. The third-order valence-corrected chi connectivity index (χ3v) is 3.79. The van der Waals surface area contributed by atoms with Gasteiger partial charge in [0.05, 0.1) is 19.4 Å². The van der Waals surface area contributed by atoms with Gasteiger partial charge < -0.3 is 18.9 Å². The van der Waals surface area contributed by atoms with E-state index < -0.39 is 31.0 Å². The highest BCUT2D eigenvalue weighted by molar-refractivity contribution is 5.73. The molecule has 0 aliphatic carbocycles. The second-order valence-electron chi connectivity index (χ2n) is 7.00. The highest BCUT2D eigenvalue weighted by Crippen LogP contribution is 2.07. The van der Waals surface area contributed by atoms with Gasteiger partial charge in [-0.3, -0.25) is 9.59 Å². The van der Waals surface area contributed by atoms with Gasteiger partial charge in [0, 0.05) is 0 Å². The third-order valence-electron chi connectivity index (χ3n) is 3.79. The summed E-state index contributed by atoms with van der Waals surface area (Å²) in [4.78, 5) is 36.1. The molecule has 0 bridgehead atoms. The molecule has 2 aromatic rings. The molecule has 0 aromatic heterocycles. The molecule has 160 valence electrons. The summed E-state index contributed by atoms with van der Waals surface area (Å²) in [6.07, 6.45) is -2.37. The first-order valence-corrected chi connectivity index (χ1v) is 9.68.